The third-order valence-corrected chi connectivity index (χ3v) is 4.44. The second kappa shape index (κ2) is 6.26. The molecule has 3 unspecified atom stereocenters. The highest BCUT2D eigenvalue weighted by atomic mass is 16.4. The van der Waals surface area contributed by atoms with Gasteiger partial charge in [0, 0.05) is 25.6 Å². The minimum absolute atomic E-state index is 0.00570. The summed E-state index contributed by atoms with van der Waals surface area (Å²) in [6.07, 6.45) is 5.44. The molecule has 19 heavy (non-hydrogen) atoms. The fourth-order valence-electron chi connectivity index (χ4n) is 3.27. The number of hydrogen-bond acceptors (Lipinski definition) is 2. The second-order valence-corrected chi connectivity index (χ2v) is 6.02. The van der Waals surface area contributed by atoms with E-state index in [-0.39, 0.29) is 18.4 Å². The summed E-state index contributed by atoms with van der Waals surface area (Å²) >= 11 is 0. The van der Waals surface area contributed by atoms with Crippen LogP contribution in [0.3, 0.4) is 0 Å². The smallest absolute Gasteiger partial charge is 0.317 e. The number of carbonyl (C=O) groups excluding carboxylic acids is 1. The summed E-state index contributed by atoms with van der Waals surface area (Å²) in [7, 11) is 0. The van der Waals surface area contributed by atoms with E-state index < -0.39 is 5.97 Å². The first-order valence-corrected chi connectivity index (χ1v) is 7.33. The molecule has 5 heteroatoms. The third kappa shape index (κ3) is 3.85. The molecular formula is C14H24N2O3. The Balaban J connectivity index is 1.83. The number of nitrogens with one attached hydrogen (secondary N) is 1. The normalized spacial score (nSPS) is 31.2. The first-order valence-electron chi connectivity index (χ1n) is 7.33. The zero-order chi connectivity index (χ0) is 13.8. The number of nitrogens with zero attached hydrogens (tertiary/aromatic N) is 1. The SMILES string of the molecule is CC1CCCC1NC(=O)N1CCCC(CC(=O)O)C1. The number of hydrogen-bond donors (Lipinski definition) is 2. The van der Waals surface area contributed by atoms with E-state index in [1.807, 2.05) is 0 Å². The molecule has 0 spiro atoms. The summed E-state index contributed by atoms with van der Waals surface area (Å²) in [5.41, 5.74) is 0. The van der Waals surface area contributed by atoms with Crippen molar-refractivity contribution in [3.63, 3.8) is 0 Å². The van der Waals surface area contributed by atoms with Gasteiger partial charge in [-0.2, -0.15) is 0 Å². The number of amides is 2. The maximum atomic E-state index is 12.2. The van der Waals surface area contributed by atoms with E-state index in [2.05, 4.69) is 12.2 Å². The molecule has 1 aliphatic carbocycles. The zero-order valence-electron chi connectivity index (χ0n) is 11.6. The summed E-state index contributed by atoms with van der Waals surface area (Å²) in [5.74, 6) is -0.0989. The number of likely N-dealkylation sites (tertiary alicyclic amines) is 1. The molecule has 1 saturated carbocycles. The molecule has 1 aliphatic heterocycles. The number of piperidine rings is 1. The Morgan fingerprint density at radius 1 is 1.26 bits per heavy atom. The van der Waals surface area contributed by atoms with E-state index in [0.717, 1.165) is 25.8 Å². The summed E-state index contributed by atoms with van der Waals surface area (Å²) in [6, 6.07) is 0.293. The standard InChI is InChI=1S/C14H24N2O3/c1-10-4-2-6-12(10)15-14(19)16-7-3-5-11(9-16)8-13(17)18/h10-12H,2-9H2,1H3,(H,15,19)(H,17,18). The van der Waals surface area contributed by atoms with E-state index >= 15 is 0 Å². The molecule has 2 N–H and O–H groups in total. The monoisotopic (exact) mass is 268 g/mol. The Labute approximate surface area is 114 Å². The van der Waals surface area contributed by atoms with E-state index in [1.165, 1.54) is 12.8 Å². The van der Waals surface area contributed by atoms with Crippen LogP contribution in [-0.2, 0) is 4.79 Å². The topological polar surface area (TPSA) is 69.6 Å². The van der Waals surface area contributed by atoms with Crippen LogP contribution in [0.2, 0.25) is 0 Å². The van der Waals surface area contributed by atoms with E-state index in [0.29, 0.717) is 18.5 Å². The van der Waals surface area contributed by atoms with Gasteiger partial charge in [0.25, 0.3) is 0 Å². The highest BCUT2D eigenvalue weighted by molar-refractivity contribution is 5.75. The number of carboxylic acid groups (broad SMARTS) is 1. The maximum absolute atomic E-state index is 12.2. The molecule has 2 fully saturated rings. The van der Waals surface area contributed by atoms with Crippen molar-refractivity contribution in [3.05, 3.63) is 0 Å². The fourth-order valence-corrected chi connectivity index (χ4v) is 3.27. The van der Waals surface area contributed by atoms with Crippen molar-refractivity contribution in [2.24, 2.45) is 11.8 Å². The minimum atomic E-state index is -0.767. The Morgan fingerprint density at radius 3 is 2.68 bits per heavy atom. The van der Waals surface area contributed by atoms with Gasteiger partial charge in [-0.05, 0) is 37.5 Å². The van der Waals surface area contributed by atoms with Gasteiger partial charge in [0.15, 0.2) is 0 Å². The molecule has 0 aromatic heterocycles. The Kier molecular flexibility index (Phi) is 4.66. The van der Waals surface area contributed by atoms with Gasteiger partial charge in [-0.25, -0.2) is 4.79 Å². The quantitative estimate of drug-likeness (QED) is 0.823. The van der Waals surface area contributed by atoms with Gasteiger partial charge in [-0.1, -0.05) is 13.3 Å². The molecule has 0 aromatic carbocycles. The highest BCUT2D eigenvalue weighted by Gasteiger charge is 2.29. The Hall–Kier alpha value is -1.26. The molecule has 0 radical (unpaired) electrons. The Bertz CT molecular complexity index is 346. The van der Waals surface area contributed by atoms with Gasteiger partial charge in [-0.3, -0.25) is 4.79 Å². The van der Waals surface area contributed by atoms with Gasteiger partial charge in [-0.15, -0.1) is 0 Å². The first kappa shape index (κ1) is 14.2. The number of carboxylic acids is 1. The molecule has 2 aliphatic rings. The molecule has 1 saturated heterocycles. The van der Waals surface area contributed by atoms with Crippen molar-refractivity contribution in [2.45, 2.75) is 51.5 Å². The van der Waals surface area contributed by atoms with Crippen LogP contribution in [0, 0.1) is 11.8 Å². The van der Waals surface area contributed by atoms with Crippen LogP contribution in [0.25, 0.3) is 0 Å². The van der Waals surface area contributed by atoms with Crippen LogP contribution in [-0.4, -0.2) is 41.1 Å². The number of aliphatic carboxylic acids is 1. The molecule has 2 rings (SSSR count). The minimum Gasteiger partial charge on any atom is -0.481 e. The van der Waals surface area contributed by atoms with Crippen molar-refractivity contribution < 1.29 is 14.7 Å². The number of carbonyl (C=O) groups is 2. The van der Waals surface area contributed by atoms with Gasteiger partial charge >= 0.3 is 12.0 Å². The van der Waals surface area contributed by atoms with Gasteiger partial charge in [0.2, 0.25) is 0 Å². The number of rotatable bonds is 3. The van der Waals surface area contributed by atoms with Crippen LogP contribution in [0.5, 0.6) is 0 Å². The fraction of sp³-hybridized carbons (Fsp3) is 0.857. The van der Waals surface area contributed by atoms with Crippen molar-refractivity contribution in [2.75, 3.05) is 13.1 Å². The van der Waals surface area contributed by atoms with Crippen molar-refractivity contribution in [3.8, 4) is 0 Å². The maximum Gasteiger partial charge on any atom is 0.317 e. The molecule has 108 valence electrons. The van der Waals surface area contributed by atoms with Crippen LogP contribution in [0.4, 0.5) is 4.79 Å². The van der Waals surface area contributed by atoms with E-state index in [9.17, 15) is 9.59 Å². The zero-order valence-corrected chi connectivity index (χ0v) is 11.6. The van der Waals surface area contributed by atoms with Crippen LogP contribution < -0.4 is 5.32 Å². The lowest BCUT2D eigenvalue weighted by Crippen LogP contribution is -2.49. The van der Waals surface area contributed by atoms with Crippen LogP contribution >= 0.6 is 0 Å². The van der Waals surface area contributed by atoms with Gasteiger partial charge in [0.1, 0.15) is 0 Å². The molecular weight excluding hydrogens is 244 g/mol. The van der Waals surface area contributed by atoms with Gasteiger partial charge < -0.3 is 15.3 Å². The lowest BCUT2D eigenvalue weighted by molar-refractivity contribution is -0.138. The predicted molar refractivity (Wildman–Crippen MR) is 71.9 cm³/mol. The summed E-state index contributed by atoms with van der Waals surface area (Å²) < 4.78 is 0. The molecule has 1 heterocycles. The Morgan fingerprint density at radius 2 is 2.05 bits per heavy atom. The summed E-state index contributed by atoms with van der Waals surface area (Å²) in [5, 5.41) is 11.9. The molecule has 2 amide bonds. The molecule has 5 nitrogen and oxygen atoms in total. The van der Waals surface area contributed by atoms with Crippen LogP contribution in [0.15, 0.2) is 0 Å². The molecule has 0 aromatic rings. The van der Waals surface area contributed by atoms with E-state index in [1.54, 1.807) is 4.90 Å². The second-order valence-electron chi connectivity index (χ2n) is 6.02. The number of urea groups is 1. The molecule has 0 bridgehead atoms. The summed E-state index contributed by atoms with van der Waals surface area (Å²) in [6.45, 7) is 3.52. The average Bonchev–Trinajstić information content (AvgIpc) is 2.74. The molecule has 3 atom stereocenters. The third-order valence-electron chi connectivity index (χ3n) is 4.44. The van der Waals surface area contributed by atoms with Crippen molar-refractivity contribution in [1.82, 2.24) is 10.2 Å². The van der Waals surface area contributed by atoms with Crippen molar-refractivity contribution in [1.29, 1.82) is 0 Å². The van der Waals surface area contributed by atoms with Gasteiger partial charge in [0.05, 0.1) is 0 Å². The van der Waals surface area contributed by atoms with E-state index in [4.69, 9.17) is 5.11 Å². The highest BCUT2D eigenvalue weighted by Crippen LogP contribution is 2.25. The predicted octanol–water partition coefficient (Wildman–Crippen LogP) is 2.07. The van der Waals surface area contributed by atoms with Crippen molar-refractivity contribution >= 4 is 12.0 Å². The summed E-state index contributed by atoms with van der Waals surface area (Å²) in [4.78, 5) is 24.7. The average molecular weight is 268 g/mol. The van der Waals surface area contributed by atoms with Crippen LogP contribution in [0.1, 0.15) is 45.4 Å². The first-order chi connectivity index (χ1) is 9.06. The largest absolute Gasteiger partial charge is 0.481 e. The lowest BCUT2D eigenvalue weighted by Gasteiger charge is -2.33. The lowest BCUT2D eigenvalue weighted by atomic mass is 9.95.